The van der Waals surface area contributed by atoms with E-state index in [0.29, 0.717) is 6.04 Å². The summed E-state index contributed by atoms with van der Waals surface area (Å²) >= 11 is 0. The van der Waals surface area contributed by atoms with Gasteiger partial charge in [-0.15, -0.1) is 0 Å². The molecule has 17 heavy (non-hydrogen) atoms. The van der Waals surface area contributed by atoms with Gasteiger partial charge in [-0.05, 0) is 31.7 Å². The van der Waals surface area contributed by atoms with Crippen molar-refractivity contribution in [2.75, 3.05) is 0 Å². The van der Waals surface area contributed by atoms with Crippen molar-refractivity contribution >= 4 is 0 Å². The van der Waals surface area contributed by atoms with Crippen LogP contribution >= 0.6 is 0 Å². The summed E-state index contributed by atoms with van der Waals surface area (Å²) in [6.07, 6.45) is 11.5. The van der Waals surface area contributed by atoms with E-state index in [1.165, 1.54) is 32.1 Å². The second-order valence-electron chi connectivity index (χ2n) is 5.65. The van der Waals surface area contributed by atoms with Crippen molar-refractivity contribution in [3.63, 3.8) is 0 Å². The Morgan fingerprint density at radius 2 is 2.12 bits per heavy atom. The molecule has 2 saturated carbocycles. The van der Waals surface area contributed by atoms with Gasteiger partial charge in [0, 0.05) is 12.6 Å². The van der Waals surface area contributed by atoms with E-state index in [4.69, 9.17) is 0 Å². The van der Waals surface area contributed by atoms with E-state index in [9.17, 15) is 5.26 Å². The summed E-state index contributed by atoms with van der Waals surface area (Å²) in [6.45, 7) is 0. The Balaban J connectivity index is 1.70. The first kappa shape index (κ1) is 10.8. The lowest BCUT2D eigenvalue weighted by Gasteiger charge is -2.34. The Morgan fingerprint density at radius 3 is 2.71 bits per heavy atom. The molecule has 2 fully saturated rings. The molecule has 1 aromatic heterocycles. The number of nitriles is 1. The van der Waals surface area contributed by atoms with E-state index in [1.807, 2.05) is 0 Å². The molecule has 0 spiro atoms. The fourth-order valence-corrected chi connectivity index (χ4v) is 3.12. The lowest BCUT2D eigenvalue weighted by atomic mass is 9.67. The minimum Gasteiger partial charge on any atom is -0.269 e. The van der Waals surface area contributed by atoms with Gasteiger partial charge in [-0.3, -0.25) is 4.68 Å². The Bertz CT molecular complexity index is 431. The quantitative estimate of drug-likeness (QED) is 0.798. The number of rotatable bonds is 3. The van der Waals surface area contributed by atoms with Crippen molar-refractivity contribution in [2.24, 2.45) is 5.41 Å². The second kappa shape index (κ2) is 4.18. The predicted molar refractivity (Wildman–Crippen MR) is 65.3 cm³/mol. The van der Waals surface area contributed by atoms with Crippen LogP contribution in [0.4, 0.5) is 0 Å². The third-order valence-electron chi connectivity index (χ3n) is 4.43. The summed E-state index contributed by atoms with van der Waals surface area (Å²) < 4.78 is 2.13. The minimum atomic E-state index is -0.0884. The third kappa shape index (κ3) is 1.97. The zero-order valence-electron chi connectivity index (χ0n) is 10.2. The summed E-state index contributed by atoms with van der Waals surface area (Å²) in [4.78, 5) is 0. The average molecular weight is 229 g/mol. The molecule has 2 aliphatic rings. The van der Waals surface area contributed by atoms with Crippen molar-refractivity contribution < 1.29 is 0 Å². The van der Waals surface area contributed by atoms with E-state index in [2.05, 4.69) is 28.1 Å². The van der Waals surface area contributed by atoms with Gasteiger partial charge in [-0.25, -0.2) is 0 Å². The zero-order valence-corrected chi connectivity index (χ0v) is 10.2. The maximum atomic E-state index is 9.23. The van der Waals surface area contributed by atoms with Crippen molar-refractivity contribution in [1.29, 1.82) is 5.26 Å². The molecule has 1 heterocycles. The van der Waals surface area contributed by atoms with Gasteiger partial charge in [0.25, 0.3) is 0 Å². The maximum absolute atomic E-state index is 9.23. The summed E-state index contributed by atoms with van der Waals surface area (Å²) in [6, 6.07) is 5.21. The van der Waals surface area contributed by atoms with Crippen molar-refractivity contribution in [2.45, 2.75) is 57.4 Å². The fourth-order valence-electron chi connectivity index (χ4n) is 3.12. The number of hydrogen-bond acceptors (Lipinski definition) is 2. The van der Waals surface area contributed by atoms with Crippen molar-refractivity contribution in [1.82, 2.24) is 9.78 Å². The molecule has 0 bridgehead atoms. The molecule has 0 radical (unpaired) electrons. The molecule has 3 nitrogen and oxygen atoms in total. The lowest BCUT2D eigenvalue weighted by molar-refractivity contribution is 0.211. The molecule has 0 amide bonds. The molecule has 0 atom stereocenters. The van der Waals surface area contributed by atoms with Gasteiger partial charge >= 0.3 is 0 Å². The molecular weight excluding hydrogens is 210 g/mol. The Kier molecular flexibility index (Phi) is 2.66. The van der Waals surface area contributed by atoms with Crippen molar-refractivity contribution in [3.8, 4) is 6.07 Å². The predicted octanol–water partition coefficient (Wildman–Crippen LogP) is 3.23. The highest BCUT2D eigenvalue weighted by Gasteiger charge is 2.37. The first-order valence-electron chi connectivity index (χ1n) is 6.77. The minimum absolute atomic E-state index is 0.0884. The molecule has 90 valence electrons. The average Bonchev–Trinajstić information content (AvgIpc) is 2.94. The Labute approximate surface area is 102 Å². The molecule has 0 unspecified atom stereocenters. The van der Waals surface area contributed by atoms with Gasteiger partial charge in [0.2, 0.25) is 0 Å². The molecule has 0 saturated heterocycles. The Morgan fingerprint density at radius 1 is 1.35 bits per heavy atom. The number of nitrogens with zero attached hydrogens (tertiary/aromatic N) is 3. The van der Waals surface area contributed by atoms with Crippen LogP contribution in [0.5, 0.6) is 0 Å². The van der Waals surface area contributed by atoms with Crippen LogP contribution in [-0.2, 0) is 6.42 Å². The van der Waals surface area contributed by atoms with Gasteiger partial charge in [0.15, 0.2) is 0 Å². The maximum Gasteiger partial charge on any atom is 0.0693 e. The highest BCUT2D eigenvalue weighted by molar-refractivity contribution is 5.13. The van der Waals surface area contributed by atoms with Gasteiger partial charge < -0.3 is 0 Å². The molecule has 0 aromatic carbocycles. The SMILES string of the molecule is N#CC1(Cc2ccn(C3CCCC3)n2)CCC1. The summed E-state index contributed by atoms with van der Waals surface area (Å²) in [5.74, 6) is 0. The normalized spacial score (nSPS) is 23.2. The molecule has 0 N–H and O–H groups in total. The van der Waals surface area contributed by atoms with Crippen LogP contribution < -0.4 is 0 Å². The fraction of sp³-hybridized carbons (Fsp3) is 0.714. The van der Waals surface area contributed by atoms with E-state index < -0.39 is 0 Å². The van der Waals surface area contributed by atoms with Crippen LogP contribution in [0.3, 0.4) is 0 Å². The summed E-state index contributed by atoms with van der Waals surface area (Å²) in [5.41, 5.74) is 1.02. The van der Waals surface area contributed by atoms with E-state index in [0.717, 1.165) is 25.0 Å². The van der Waals surface area contributed by atoms with E-state index in [1.54, 1.807) is 0 Å². The summed E-state index contributed by atoms with van der Waals surface area (Å²) in [5, 5.41) is 13.9. The Hall–Kier alpha value is -1.30. The van der Waals surface area contributed by atoms with Gasteiger partial charge in [0.05, 0.1) is 23.2 Å². The molecule has 1 aromatic rings. The molecular formula is C14H19N3. The topological polar surface area (TPSA) is 41.6 Å². The van der Waals surface area contributed by atoms with Gasteiger partial charge in [-0.1, -0.05) is 19.3 Å². The second-order valence-corrected chi connectivity index (χ2v) is 5.65. The van der Waals surface area contributed by atoms with Crippen LogP contribution in [0.1, 0.15) is 56.7 Å². The first-order chi connectivity index (χ1) is 8.31. The lowest BCUT2D eigenvalue weighted by Crippen LogP contribution is -2.30. The van der Waals surface area contributed by atoms with Crippen LogP contribution in [0.2, 0.25) is 0 Å². The number of aromatic nitrogens is 2. The molecule has 2 aliphatic carbocycles. The zero-order chi connectivity index (χ0) is 11.7. The van der Waals surface area contributed by atoms with Crippen LogP contribution in [0.15, 0.2) is 12.3 Å². The molecule has 0 aliphatic heterocycles. The third-order valence-corrected chi connectivity index (χ3v) is 4.43. The highest BCUT2D eigenvalue weighted by Crippen LogP contribution is 2.42. The largest absolute Gasteiger partial charge is 0.269 e. The standard InChI is InChI=1S/C14H19N3/c15-11-14(7-3-8-14)10-12-6-9-17(16-12)13-4-1-2-5-13/h6,9,13H,1-5,7-8,10H2. The van der Waals surface area contributed by atoms with Gasteiger partial charge in [-0.2, -0.15) is 10.4 Å². The summed E-state index contributed by atoms with van der Waals surface area (Å²) in [7, 11) is 0. The smallest absolute Gasteiger partial charge is 0.0693 e. The van der Waals surface area contributed by atoms with Crippen LogP contribution in [-0.4, -0.2) is 9.78 Å². The molecule has 3 rings (SSSR count). The first-order valence-corrected chi connectivity index (χ1v) is 6.77. The van der Waals surface area contributed by atoms with Crippen LogP contribution in [0, 0.1) is 16.7 Å². The monoisotopic (exact) mass is 229 g/mol. The van der Waals surface area contributed by atoms with E-state index in [-0.39, 0.29) is 5.41 Å². The van der Waals surface area contributed by atoms with Crippen LogP contribution in [0.25, 0.3) is 0 Å². The van der Waals surface area contributed by atoms with Gasteiger partial charge in [0.1, 0.15) is 0 Å². The highest BCUT2D eigenvalue weighted by atomic mass is 15.3. The van der Waals surface area contributed by atoms with Crippen molar-refractivity contribution in [3.05, 3.63) is 18.0 Å². The molecule has 3 heteroatoms. The number of hydrogen-bond donors (Lipinski definition) is 0. The van der Waals surface area contributed by atoms with E-state index >= 15 is 0 Å².